The van der Waals surface area contributed by atoms with Gasteiger partial charge in [-0.2, -0.15) is 14.9 Å². The van der Waals surface area contributed by atoms with E-state index in [0.717, 1.165) is 16.7 Å². The van der Waals surface area contributed by atoms with Crippen molar-refractivity contribution < 1.29 is 0 Å². The van der Waals surface area contributed by atoms with Gasteiger partial charge < -0.3 is 4.98 Å². The van der Waals surface area contributed by atoms with Gasteiger partial charge in [0.05, 0.1) is 11.9 Å². The van der Waals surface area contributed by atoms with E-state index in [1.54, 1.807) is 0 Å². The average molecular weight is 378 g/mol. The minimum Gasteiger partial charge on any atom is -0.338 e. The average Bonchev–Trinajstić information content (AvgIpc) is 3.16. The summed E-state index contributed by atoms with van der Waals surface area (Å²) in [4.78, 5) is 16.3. The Morgan fingerprint density at radius 2 is 1.76 bits per heavy atom. The number of hydrogen-bond acceptors (Lipinski definition) is 3. The van der Waals surface area contributed by atoms with E-state index in [9.17, 15) is 10.1 Å². The lowest BCUT2D eigenvalue weighted by Gasteiger charge is -2.13. The molecule has 0 bridgehead atoms. The molecule has 0 aliphatic carbocycles. The molecule has 0 fully saturated rings. The van der Waals surface area contributed by atoms with Gasteiger partial charge in [0.15, 0.2) is 5.65 Å². The molecule has 0 aliphatic rings. The highest BCUT2D eigenvalue weighted by atomic mass is 16.1. The van der Waals surface area contributed by atoms with Crippen LogP contribution in [0, 0.1) is 23.2 Å². The molecular formula is C24H18N4O. The molecule has 4 aromatic rings. The van der Waals surface area contributed by atoms with Crippen LogP contribution in [0.2, 0.25) is 0 Å². The first-order valence-electron chi connectivity index (χ1n) is 9.30. The molecule has 1 N–H and O–H groups in total. The number of fused-ring (bicyclic) bond motifs is 1. The molecule has 4 rings (SSSR count). The zero-order valence-electron chi connectivity index (χ0n) is 16.1. The van der Waals surface area contributed by atoms with E-state index in [2.05, 4.69) is 28.0 Å². The number of nitrogens with one attached hydrogen (secondary N) is 1. The lowest BCUT2D eigenvalue weighted by Crippen LogP contribution is -2.22. The van der Waals surface area contributed by atoms with Gasteiger partial charge >= 0.3 is 0 Å². The molecule has 2 aromatic carbocycles. The summed E-state index contributed by atoms with van der Waals surface area (Å²) in [5.74, 6) is 6.31. The third-order valence-electron chi connectivity index (χ3n) is 4.68. The summed E-state index contributed by atoms with van der Waals surface area (Å²) >= 11 is 0. The summed E-state index contributed by atoms with van der Waals surface area (Å²) in [5, 5.41) is 13.4. The molecule has 0 saturated heterocycles. The first-order valence-corrected chi connectivity index (χ1v) is 9.30. The van der Waals surface area contributed by atoms with Crippen molar-refractivity contribution in [1.29, 1.82) is 5.26 Å². The van der Waals surface area contributed by atoms with E-state index in [-0.39, 0.29) is 11.5 Å². The minimum absolute atomic E-state index is 0.0213. The predicted octanol–water partition coefficient (Wildman–Crippen LogP) is 4.08. The Morgan fingerprint density at radius 3 is 2.48 bits per heavy atom. The Labute approximate surface area is 168 Å². The SMILES string of the molecule is CC(C)c1c(-c2cccc(C#Cc3ccccc3)c2)[nH]c2c(C#N)cnn2c1=O. The summed E-state index contributed by atoms with van der Waals surface area (Å²) in [5.41, 5.74) is 4.46. The van der Waals surface area contributed by atoms with Crippen LogP contribution < -0.4 is 5.56 Å². The summed E-state index contributed by atoms with van der Waals surface area (Å²) in [7, 11) is 0. The molecule has 0 aliphatic heterocycles. The van der Waals surface area contributed by atoms with E-state index < -0.39 is 0 Å². The molecule has 2 heterocycles. The molecule has 0 amide bonds. The maximum Gasteiger partial charge on any atom is 0.278 e. The number of H-pyrrole nitrogens is 1. The standard InChI is InChI=1S/C24H18N4O/c1-16(2)21-22(27-23-20(14-25)15-26-28(23)24(21)29)19-10-6-9-18(13-19)12-11-17-7-4-3-5-8-17/h3-10,13,15-16,27H,1-2H3. The lowest BCUT2D eigenvalue weighted by atomic mass is 9.97. The Bertz CT molecular complexity index is 1360. The molecule has 0 saturated carbocycles. The summed E-state index contributed by atoms with van der Waals surface area (Å²) < 4.78 is 1.26. The number of nitrogens with zero attached hydrogens (tertiary/aromatic N) is 3. The van der Waals surface area contributed by atoms with Gasteiger partial charge in [0.1, 0.15) is 11.6 Å². The Hall–Kier alpha value is -4.09. The topological polar surface area (TPSA) is 73.9 Å². The zero-order chi connectivity index (χ0) is 20.4. The van der Waals surface area contributed by atoms with Gasteiger partial charge in [0.2, 0.25) is 0 Å². The maximum atomic E-state index is 13.0. The van der Waals surface area contributed by atoms with Crippen molar-refractivity contribution >= 4 is 5.65 Å². The Kier molecular flexibility index (Phi) is 4.73. The smallest absolute Gasteiger partial charge is 0.278 e. The maximum absolute atomic E-state index is 13.0. The van der Waals surface area contributed by atoms with Crippen molar-refractivity contribution in [3.63, 3.8) is 0 Å². The van der Waals surface area contributed by atoms with E-state index in [1.165, 1.54) is 10.7 Å². The summed E-state index contributed by atoms with van der Waals surface area (Å²) in [6.45, 7) is 3.93. The normalized spacial score (nSPS) is 10.6. The second kappa shape index (κ2) is 7.50. The zero-order valence-corrected chi connectivity index (χ0v) is 16.1. The van der Waals surface area contributed by atoms with Crippen LogP contribution in [0.25, 0.3) is 16.9 Å². The molecule has 0 spiro atoms. The fourth-order valence-electron chi connectivity index (χ4n) is 3.29. The molecular weight excluding hydrogens is 360 g/mol. The summed E-state index contributed by atoms with van der Waals surface area (Å²) in [6.07, 6.45) is 1.41. The molecule has 29 heavy (non-hydrogen) atoms. The van der Waals surface area contributed by atoms with Crippen LogP contribution in [0.15, 0.2) is 65.6 Å². The third kappa shape index (κ3) is 3.42. The Morgan fingerprint density at radius 1 is 1.03 bits per heavy atom. The molecule has 5 nitrogen and oxygen atoms in total. The van der Waals surface area contributed by atoms with Crippen molar-refractivity contribution in [2.75, 3.05) is 0 Å². The highest BCUT2D eigenvalue weighted by Crippen LogP contribution is 2.26. The fourth-order valence-corrected chi connectivity index (χ4v) is 3.29. The summed E-state index contributed by atoms with van der Waals surface area (Å²) in [6, 6.07) is 19.6. The van der Waals surface area contributed by atoms with Crippen LogP contribution in [0.5, 0.6) is 0 Å². The number of hydrogen-bond donors (Lipinski definition) is 1. The molecule has 0 radical (unpaired) electrons. The van der Waals surface area contributed by atoms with Crippen molar-refractivity contribution in [2.24, 2.45) is 0 Å². The van der Waals surface area contributed by atoms with Gasteiger partial charge in [-0.3, -0.25) is 4.79 Å². The van der Waals surface area contributed by atoms with Crippen LogP contribution in [-0.4, -0.2) is 14.6 Å². The van der Waals surface area contributed by atoms with Crippen molar-refractivity contribution in [1.82, 2.24) is 14.6 Å². The third-order valence-corrected chi connectivity index (χ3v) is 4.68. The molecule has 2 aromatic heterocycles. The predicted molar refractivity (Wildman–Crippen MR) is 112 cm³/mol. The van der Waals surface area contributed by atoms with Gasteiger partial charge in [0.25, 0.3) is 5.56 Å². The largest absolute Gasteiger partial charge is 0.338 e. The van der Waals surface area contributed by atoms with Crippen LogP contribution >= 0.6 is 0 Å². The van der Waals surface area contributed by atoms with E-state index >= 15 is 0 Å². The van der Waals surface area contributed by atoms with E-state index in [0.29, 0.717) is 22.5 Å². The van der Waals surface area contributed by atoms with Gasteiger partial charge in [0, 0.05) is 16.7 Å². The van der Waals surface area contributed by atoms with Crippen LogP contribution in [0.4, 0.5) is 0 Å². The van der Waals surface area contributed by atoms with E-state index in [1.807, 2.05) is 68.4 Å². The molecule has 0 atom stereocenters. The monoisotopic (exact) mass is 378 g/mol. The van der Waals surface area contributed by atoms with Gasteiger partial charge in [-0.1, -0.05) is 56.0 Å². The number of benzene rings is 2. The molecule has 140 valence electrons. The van der Waals surface area contributed by atoms with Gasteiger partial charge in [-0.15, -0.1) is 0 Å². The van der Waals surface area contributed by atoms with Crippen molar-refractivity contribution in [2.45, 2.75) is 19.8 Å². The second-order valence-corrected chi connectivity index (χ2v) is 7.00. The first-order chi connectivity index (χ1) is 14.1. The van der Waals surface area contributed by atoms with Crippen molar-refractivity contribution in [3.05, 3.63) is 93.4 Å². The van der Waals surface area contributed by atoms with E-state index in [4.69, 9.17) is 0 Å². The van der Waals surface area contributed by atoms with Crippen LogP contribution in [-0.2, 0) is 0 Å². The Balaban J connectivity index is 1.89. The van der Waals surface area contributed by atoms with Crippen LogP contribution in [0.1, 0.15) is 42.0 Å². The second-order valence-electron chi connectivity index (χ2n) is 7.00. The van der Waals surface area contributed by atoms with Gasteiger partial charge in [-0.25, -0.2) is 0 Å². The quantitative estimate of drug-likeness (QED) is 0.534. The van der Waals surface area contributed by atoms with Gasteiger partial charge in [-0.05, 0) is 35.7 Å². The lowest BCUT2D eigenvalue weighted by molar-refractivity contribution is 0.797. The van der Waals surface area contributed by atoms with Crippen LogP contribution in [0.3, 0.4) is 0 Å². The van der Waals surface area contributed by atoms with Crippen molar-refractivity contribution in [3.8, 4) is 29.2 Å². The number of nitriles is 1. The fraction of sp³-hybridized carbons (Fsp3) is 0.125. The number of aromatic nitrogens is 3. The minimum atomic E-state index is -0.217. The first kappa shape index (κ1) is 18.3. The highest BCUT2D eigenvalue weighted by molar-refractivity contribution is 5.69. The molecule has 5 heteroatoms. The molecule has 0 unspecified atom stereocenters. The highest BCUT2D eigenvalue weighted by Gasteiger charge is 2.19. The number of rotatable bonds is 2. The number of aromatic amines is 1.